The Morgan fingerprint density at radius 2 is 2.06 bits per heavy atom. The van der Waals surface area contributed by atoms with E-state index in [-0.39, 0.29) is 11.9 Å². The van der Waals surface area contributed by atoms with Gasteiger partial charge < -0.3 is 21.7 Å². The number of carbonyl (C=O) groups is 1. The Bertz CT molecular complexity index is 1410. The largest absolute Gasteiger partial charge is 0.381 e. The van der Waals surface area contributed by atoms with Crippen LogP contribution in [0.25, 0.3) is 16.9 Å². The molecule has 172 valence electrons. The number of imidazole rings is 1. The van der Waals surface area contributed by atoms with Crippen molar-refractivity contribution < 1.29 is 4.79 Å². The maximum absolute atomic E-state index is 11.8. The van der Waals surface area contributed by atoms with Gasteiger partial charge in [0.1, 0.15) is 0 Å². The SMILES string of the molecule is Nc1nccn2c(Cc3cc(-c4ccc5c(c4)CC(=O)N5)ncc3N3CCC[C@@H](N)C3)cnc12. The fourth-order valence-electron chi connectivity index (χ4n) is 5.01. The minimum Gasteiger partial charge on any atom is -0.381 e. The number of anilines is 3. The zero-order valence-electron chi connectivity index (χ0n) is 18.7. The van der Waals surface area contributed by atoms with E-state index in [0.717, 1.165) is 65.4 Å². The Balaban J connectivity index is 1.42. The molecule has 6 rings (SSSR count). The molecule has 0 radical (unpaired) electrons. The third-order valence-corrected chi connectivity index (χ3v) is 6.69. The van der Waals surface area contributed by atoms with E-state index in [9.17, 15) is 4.79 Å². The lowest BCUT2D eigenvalue weighted by molar-refractivity contribution is -0.115. The molecule has 5 N–H and O–H groups in total. The molecule has 5 heterocycles. The third kappa shape index (κ3) is 3.63. The van der Waals surface area contributed by atoms with E-state index in [4.69, 9.17) is 16.5 Å². The number of fused-ring (bicyclic) bond motifs is 2. The summed E-state index contributed by atoms with van der Waals surface area (Å²) in [5.74, 6) is 0.437. The molecule has 1 amide bonds. The van der Waals surface area contributed by atoms with Gasteiger partial charge in [0.2, 0.25) is 5.91 Å². The predicted octanol–water partition coefficient (Wildman–Crippen LogP) is 2.39. The number of nitrogen functional groups attached to an aromatic ring is 1. The molecule has 0 aliphatic carbocycles. The van der Waals surface area contributed by atoms with Gasteiger partial charge in [0.05, 0.1) is 24.0 Å². The van der Waals surface area contributed by atoms with Crippen molar-refractivity contribution >= 4 is 28.7 Å². The van der Waals surface area contributed by atoms with Crippen molar-refractivity contribution in [1.29, 1.82) is 0 Å². The average Bonchev–Trinajstić information content (AvgIpc) is 3.42. The van der Waals surface area contributed by atoms with Gasteiger partial charge in [-0.25, -0.2) is 9.97 Å². The number of carbonyl (C=O) groups excluding carboxylic acids is 1. The molecule has 0 bridgehead atoms. The highest BCUT2D eigenvalue weighted by Gasteiger charge is 2.22. The Labute approximate surface area is 196 Å². The summed E-state index contributed by atoms with van der Waals surface area (Å²) in [7, 11) is 0. The van der Waals surface area contributed by atoms with Crippen molar-refractivity contribution in [3.8, 4) is 11.3 Å². The zero-order chi connectivity index (χ0) is 23.2. The van der Waals surface area contributed by atoms with Crippen LogP contribution in [0.1, 0.15) is 29.7 Å². The van der Waals surface area contributed by atoms with Crippen LogP contribution in [0.4, 0.5) is 17.2 Å². The average molecular weight is 455 g/mol. The number of rotatable bonds is 4. The van der Waals surface area contributed by atoms with Crippen molar-refractivity contribution in [1.82, 2.24) is 19.4 Å². The number of amides is 1. The summed E-state index contributed by atoms with van der Waals surface area (Å²) in [6.07, 6.45) is 10.5. The summed E-state index contributed by atoms with van der Waals surface area (Å²) in [5, 5.41) is 2.89. The lowest BCUT2D eigenvalue weighted by Gasteiger charge is -2.34. The normalized spacial score (nSPS) is 17.7. The van der Waals surface area contributed by atoms with E-state index in [1.165, 1.54) is 0 Å². The fourth-order valence-corrected chi connectivity index (χ4v) is 5.01. The molecule has 1 aromatic carbocycles. The van der Waals surface area contributed by atoms with E-state index in [2.05, 4.69) is 32.3 Å². The first-order valence-corrected chi connectivity index (χ1v) is 11.5. The van der Waals surface area contributed by atoms with E-state index < -0.39 is 0 Å². The number of nitrogens with one attached hydrogen (secondary N) is 1. The van der Waals surface area contributed by atoms with Crippen LogP contribution in [0.3, 0.4) is 0 Å². The monoisotopic (exact) mass is 454 g/mol. The Kier molecular flexibility index (Phi) is 4.91. The summed E-state index contributed by atoms with van der Waals surface area (Å²) >= 11 is 0. The van der Waals surface area contributed by atoms with Crippen LogP contribution >= 0.6 is 0 Å². The van der Waals surface area contributed by atoms with Crippen molar-refractivity contribution in [2.24, 2.45) is 5.73 Å². The molecular formula is C25H26N8O. The highest BCUT2D eigenvalue weighted by molar-refractivity contribution is 5.99. The summed E-state index contributed by atoms with van der Waals surface area (Å²) in [6.45, 7) is 1.77. The summed E-state index contributed by atoms with van der Waals surface area (Å²) < 4.78 is 1.99. The minimum absolute atomic E-state index is 0.0268. The number of aromatic nitrogens is 4. The molecule has 2 aliphatic rings. The fraction of sp³-hybridized carbons (Fsp3) is 0.280. The molecule has 1 fully saturated rings. The number of nitrogens with two attached hydrogens (primary N) is 2. The Hall–Kier alpha value is -3.98. The first-order chi connectivity index (χ1) is 16.5. The van der Waals surface area contributed by atoms with Crippen molar-refractivity contribution in [2.75, 3.05) is 29.0 Å². The third-order valence-electron chi connectivity index (χ3n) is 6.69. The van der Waals surface area contributed by atoms with Crippen LogP contribution in [-0.2, 0) is 17.6 Å². The van der Waals surface area contributed by atoms with Crippen LogP contribution in [0, 0.1) is 0 Å². The van der Waals surface area contributed by atoms with Crippen LogP contribution in [0.2, 0.25) is 0 Å². The van der Waals surface area contributed by atoms with Crippen LogP contribution in [-0.4, -0.2) is 44.4 Å². The second-order valence-corrected chi connectivity index (χ2v) is 9.08. The Morgan fingerprint density at radius 3 is 2.94 bits per heavy atom. The molecule has 0 unspecified atom stereocenters. The van der Waals surface area contributed by atoms with E-state index >= 15 is 0 Å². The quantitative estimate of drug-likeness (QED) is 0.432. The highest BCUT2D eigenvalue weighted by Crippen LogP contribution is 2.32. The molecule has 0 spiro atoms. The number of nitrogens with zero attached hydrogens (tertiary/aromatic N) is 5. The van der Waals surface area contributed by atoms with Gasteiger partial charge in [-0.2, -0.15) is 0 Å². The van der Waals surface area contributed by atoms with E-state index in [0.29, 0.717) is 24.3 Å². The number of hydrogen-bond acceptors (Lipinski definition) is 7. The molecular weight excluding hydrogens is 428 g/mol. The molecule has 1 saturated heterocycles. The number of benzene rings is 1. The lowest BCUT2D eigenvalue weighted by atomic mass is 10.00. The van der Waals surface area contributed by atoms with Gasteiger partial charge in [-0.15, -0.1) is 0 Å². The topological polar surface area (TPSA) is 127 Å². The van der Waals surface area contributed by atoms with Gasteiger partial charge in [-0.3, -0.25) is 14.2 Å². The van der Waals surface area contributed by atoms with Crippen molar-refractivity contribution in [2.45, 2.75) is 31.7 Å². The van der Waals surface area contributed by atoms with Gasteiger partial charge in [0, 0.05) is 61.1 Å². The van der Waals surface area contributed by atoms with Gasteiger partial charge in [0.15, 0.2) is 11.5 Å². The second kappa shape index (κ2) is 8.11. The molecule has 34 heavy (non-hydrogen) atoms. The second-order valence-electron chi connectivity index (χ2n) is 9.08. The molecule has 4 aromatic rings. The Morgan fingerprint density at radius 1 is 1.15 bits per heavy atom. The summed E-state index contributed by atoms with van der Waals surface area (Å²) in [6, 6.07) is 8.31. The molecule has 9 nitrogen and oxygen atoms in total. The van der Waals surface area contributed by atoms with Gasteiger partial charge in [0.25, 0.3) is 0 Å². The van der Waals surface area contributed by atoms with E-state index in [1.54, 1.807) is 6.20 Å². The first-order valence-electron chi connectivity index (χ1n) is 11.5. The van der Waals surface area contributed by atoms with E-state index in [1.807, 2.05) is 35.1 Å². The standard InChI is InChI=1S/C25H26N8O/c26-18-2-1-6-32(14-18)22-13-29-21(15-3-4-20-16(8-15)11-23(34)31-20)10-17(22)9-19-12-30-25-24(27)28-5-7-33(19)25/h3-5,7-8,10,12-13,18H,1-2,6,9,11,14,26H2,(H2,27,28)(H,31,34)/t18-/m1/s1. The van der Waals surface area contributed by atoms with Crippen molar-refractivity contribution in [3.63, 3.8) is 0 Å². The predicted molar refractivity (Wildman–Crippen MR) is 132 cm³/mol. The number of pyridine rings is 1. The van der Waals surface area contributed by atoms with Crippen LogP contribution in [0.15, 0.2) is 49.1 Å². The molecule has 0 saturated carbocycles. The molecule has 2 aliphatic heterocycles. The molecule has 1 atom stereocenters. The van der Waals surface area contributed by atoms with Crippen LogP contribution < -0.4 is 21.7 Å². The minimum atomic E-state index is 0.0268. The van der Waals surface area contributed by atoms with Gasteiger partial charge in [-0.1, -0.05) is 6.07 Å². The lowest BCUT2D eigenvalue weighted by Crippen LogP contribution is -2.43. The summed E-state index contributed by atoms with van der Waals surface area (Å²) in [4.78, 5) is 27.6. The number of piperidine rings is 1. The van der Waals surface area contributed by atoms with Crippen molar-refractivity contribution in [3.05, 3.63) is 65.9 Å². The first kappa shape index (κ1) is 20.6. The van der Waals surface area contributed by atoms with Gasteiger partial charge in [-0.05, 0) is 42.2 Å². The van der Waals surface area contributed by atoms with Gasteiger partial charge >= 0.3 is 0 Å². The maximum atomic E-state index is 11.8. The summed E-state index contributed by atoms with van der Waals surface area (Å²) in [5.41, 5.74) is 20.0. The number of hydrogen-bond donors (Lipinski definition) is 3. The molecule has 9 heteroatoms. The molecule has 3 aromatic heterocycles. The highest BCUT2D eigenvalue weighted by atomic mass is 16.1. The smallest absolute Gasteiger partial charge is 0.228 e. The van der Waals surface area contributed by atoms with Crippen LogP contribution in [0.5, 0.6) is 0 Å². The zero-order valence-corrected chi connectivity index (χ0v) is 18.7. The maximum Gasteiger partial charge on any atom is 0.228 e.